The molecule has 3 rings (SSSR count). The van der Waals surface area contributed by atoms with E-state index in [0.29, 0.717) is 0 Å². The molecule has 65 heavy (non-hydrogen) atoms. The van der Waals surface area contributed by atoms with E-state index in [9.17, 15) is 0 Å². The molecule has 6 nitrogen and oxygen atoms in total. The Morgan fingerprint density at radius 1 is 0.323 bits per heavy atom. The summed E-state index contributed by atoms with van der Waals surface area (Å²) in [5.74, 6) is 0. The fourth-order valence-electron chi connectivity index (χ4n) is 11.4. The van der Waals surface area contributed by atoms with E-state index in [0.717, 1.165) is 17.9 Å². The minimum Gasteiger partial charge on any atom is -0.329 e. The molecule has 6 heteroatoms. The van der Waals surface area contributed by atoms with Crippen molar-refractivity contribution in [2.45, 2.75) is 151 Å². The molecule has 0 heterocycles. The number of quaternary nitrogens is 6. The van der Waals surface area contributed by atoms with Crippen LogP contribution in [-0.2, 0) is 5.41 Å². The highest BCUT2D eigenvalue weighted by atomic mass is 15.4. The van der Waals surface area contributed by atoms with Gasteiger partial charge in [-0.3, -0.25) is 0 Å². The molecule has 0 unspecified atom stereocenters. The van der Waals surface area contributed by atoms with E-state index in [4.69, 9.17) is 0 Å². The van der Waals surface area contributed by atoms with Gasteiger partial charge in [-0.2, -0.15) is 0 Å². The summed E-state index contributed by atoms with van der Waals surface area (Å²) in [5, 5.41) is 0. The molecule has 0 radical (unpaired) electrons. The van der Waals surface area contributed by atoms with Crippen LogP contribution in [0.5, 0.6) is 0 Å². The second-order valence-electron chi connectivity index (χ2n) is 24.5. The largest absolute Gasteiger partial charge is 0.329 e. The zero-order valence-corrected chi connectivity index (χ0v) is 46.9. The van der Waals surface area contributed by atoms with E-state index < -0.39 is 0 Å². The first-order valence-corrected chi connectivity index (χ1v) is 27.8. The first-order valence-electron chi connectivity index (χ1n) is 27.8. The molecule has 0 spiro atoms. The first kappa shape index (κ1) is 57.5. The maximum Gasteiger partial charge on any atom is 0.0841 e. The summed E-state index contributed by atoms with van der Waals surface area (Å²) in [6, 6.07) is 14.9. The second kappa shape index (κ2) is 26.3. The molecule has 0 saturated heterocycles. The topological polar surface area (TPSA) is 0 Å². The number of rotatable bonds is 36. The maximum absolute atomic E-state index is 2.60. The average molecular weight is 908 g/mol. The smallest absolute Gasteiger partial charge is 0.0841 e. The van der Waals surface area contributed by atoms with Crippen LogP contribution in [-0.4, -0.2) is 188 Å². The summed E-state index contributed by atoms with van der Waals surface area (Å²) >= 11 is 0. The highest BCUT2D eigenvalue weighted by molar-refractivity contribution is 5.81. The van der Waals surface area contributed by atoms with Crippen LogP contribution < -0.4 is 0 Å². The molecule has 0 aromatic heterocycles. The van der Waals surface area contributed by atoms with E-state index in [2.05, 4.69) is 148 Å². The summed E-state index contributed by atoms with van der Waals surface area (Å²) in [6.07, 6.45) is 18.8. The Kier molecular flexibility index (Phi) is 23.2. The van der Waals surface area contributed by atoms with Crippen molar-refractivity contribution in [2.75, 3.05) is 161 Å². The van der Waals surface area contributed by atoms with Gasteiger partial charge in [0, 0.05) is 31.1 Å². The third kappa shape index (κ3) is 17.9. The SMILES string of the molecule is CC[N+](C)(C)CCC[N+](CC)(CCCCCCC1(CCCCCC[N+](CC)(CCC[N+](C)(C)CC)CCC[N+](C)(C)CC)c2cc(C)ccc2-c2ccc(C)cc21)CCC[N+](C)(C)CC. The van der Waals surface area contributed by atoms with Gasteiger partial charge in [0.25, 0.3) is 0 Å². The lowest BCUT2D eigenvalue weighted by atomic mass is 9.70. The number of aryl methyl sites for hydroxylation is 2. The summed E-state index contributed by atoms with van der Waals surface area (Å²) in [7, 11) is 19.3. The molecule has 0 fully saturated rings. The van der Waals surface area contributed by atoms with Gasteiger partial charge in [0.2, 0.25) is 0 Å². The monoisotopic (exact) mass is 907 g/mol. The highest BCUT2D eigenvalue weighted by Crippen LogP contribution is 2.54. The Labute approximate surface area is 406 Å². The fraction of sp³-hybridized carbons (Fsp3) is 0.797. The summed E-state index contributed by atoms with van der Waals surface area (Å²) in [4.78, 5) is 0. The van der Waals surface area contributed by atoms with Crippen LogP contribution in [0.25, 0.3) is 11.1 Å². The maximum atomic E-state index is 2.60. The zero-order valence-electron chi connectivity index (χ0n) is 46.9. The van der Waals surface area contributed by atoms with Gasteiger partial charge in [-0.25, -0.2) is 0 Å². The van der Waals surface area contributed by atoms with E-state index >= 15 is 0 Å². The number of benzene rings is 2. The number of hydrogen-bond acceptors (Lipinski definition) is 0. The number of fused-ring (bicyclic) bond motifs is 3. The lowest BCUT2D eigenvalue weighted by Gasteiger charge is -2.40. The molecule has 2 aromatic carbocycles. The Balaban J connectivity index is 1.73. The van der Waals surface area contributed by atoms with Gasteiger partial charge < -0.3 is 26.9 Å². The van der Waals surface area contributed by atoms with Gasteiger partial charge in [-0.05, 0) is 116 Å². The van der Waals surface area contributed by atoms with Crippen molar-refractivity contribution in [3.05, 3.63) is 58.7 Å². The van der Waals surface area contributed by atoms with E-state index in [-0.39, 0.29) is 5.41 Å². The Morgan fingerprint density at radius 3 is 0.877 bits per heavy atom. The lowest BCUT2D eigenvalue weighted by molar-refractivity contribution is -0.939. The summed E-state index contributed by atoms with van der Waals surface area (Å²) in [5.41, 5.74) is 9.30. The molecule has 0 atom stereocenters. The van der Waals surface area contributed by atoms with Gasteiger partial charge in [-0.1, -0.05) is 73.2 Å². The van der Waals surface area contributed by atoms with Gasteiger partial charge in [-0.15, -0.1) is 0 Å². The van der Waals surface area contributed by atoms with Gasteiger partial charge in [0.1, 0.15) is 0 Å². The molecule has 2 aromatic rings. The van der Waals surface area contributed by atoms with Crippen LogP contribution in [0.4, 0.5) is 0 Å². The number of nitrogens with zero attached hydrogens (tertiary/aromatic N) is 6. The molecule has 0 N–H and O–H groups in total. The summed E-state index contributed by atoms with van der Waals surface area (Å²) in [6.45, 7) is 39.8. The molecule has 1 aliphatic rings. The van der Waals surface area contributed by atoms with Crippen LogP contribution in [0.3, 0.4) is 0 Å². The molecule has 0 amide bonds. The average Bonchev–Trinajstić information content (AvgIpc) is 3.52. The molecule has 1 aliphatic carbocycles. The van der Waals surface area contributed by atoms with Crippen molar-refractivity contribution in [3.8, 4) is 11.1 Å². The van der Waals surface area contributed by atoms with E-state index in [1.165, 1.54) is 226 Å². The normalized spacial score (nSPS) is 14.6. The van der Waals surface area contributed by atoms with Crippen LogP contribution >= 0.6 is 0 Å². The Morgan fingerprint density at radius 2 is 0.600 bits per heavy atom. The Bertz CT molecular complexity index is 1490. The van der Waals surface area contributed by atoms with Crippen molar-refractivity contribution in [2.24, 2.45) is 0 Å². The molecule has 0 saturated carbocycles. The first-order chi connectivity index (χ1) is 30.6. The van der Waals surface area contributed by atoms with Crippen molar-refractivity contribution in [3.63, 3.8) is 0 Å². The van der Waals surface area contributed by atoms with Crippen LogP contribution in [0.1, 0.15) is 154 Å². The number of hydrogen-bond donors (Lipinski definition) is 0. The minimum atomic E-state index is 0.137. The third-order valence-corrected chi connectivity index (χ3v) is 18.0. The standard InChI is InChI=1S/C59H114N6/c1-17-60(9,10)41-31-47-64(21-5,48-32-42-61(11,12)18-2)45-29-25-23-27-39-59(57-51-53(7)35-37-55(57)56-38-36-54(8)52-58(56)59)40-28-24-26-30-46-65(22-6,49-33-43-62(13,14)19-3)50-34-44-63(15,16)20-4/h35-38,51-52H,17-34,39-50H2,1-16H3/q+6. The third-order valence-electron chi connectivity index (χ3n) is 18.0. The quantitative estimate of drug-likeness (QED) is 0.0472. The van der Waals surface area contributed by atoms with Crippen molar-refractivity contribution >= 4 is 0 Å². The predicted molar refractivity (Wildman–Crippen MR) is 288 cm³/mol. The Hall–Kier alpha value is -1.80. The molecule has 0 aliphatic heterocycles. The van der Waals surface area contributed by atoms with Crippen molar-refractivity contribution in [1.82, 2.24) is 0 Å². The van der Waals surface area contributed by atoms with Crippen LogP contribution in [0, 0.1) is 13.8 Å². The van der Waals surface area contributed by atoms with E-state index in [1.54, 1.807) is 11.1 Å². The molecule has 374 valence electrons. The highest BCUT2D eigenvalue weighted by Gasteiger charge is 2.42. The minimum absolute atomic E-state index is 0.137. The van der Waals surface area contributed by atoms with Crippen LogP contribution in [0.15, 0.2) is 36.4 Å². The van der Waals surface area contributed by atoms with Crippen molar-refractivity contribution < 1.29 is 26.9 Å². The molecule has 0 bridgehead atoms. The van der Waals surface area contributed by atoms with Gasteiger partial charge in [0.15, 0.2) is 0 Å². The number of unbranched alkanes of at least 4 members (excludes halogenated alkanes) is 6. The molecular weight excluding hydrogens is 793 g/mol. The lowest BCUT2D eigenvalue weighted by Crippen LogP contribution is -2.53. The zero-order chi connectivity index (χ0) is 48.4. The van der Waals surface area contributed by atoms with Crippen molar-refractivity contribution in [1.29, 1.82) is 0 Å². The predicted octanol–water partition coefficient (Wildman–Crippen LogP) is 12.1. The second-order valence-corrected chi connectivity index (χ2v) is 24.5. The van der Waals surface area contributed by atoms with Crippen LogP contribution in [0.2, 0.25) is 0 Å². The fourth-order valence-corrected chi connectivity index (χ4v) is 11.4. The van der Waals surface area contributed by atoms with E-state index in [1.807, 2.05) is 0 Å². The van der Waals surface area contributed by atoms with Gasteiger partial charge >= 0.3 is 0 Å². The molecular formula is C59H114N6+6. The van der Waals surface area contributed by atoms with Gasteiger partial charge in [0.05, 0.1) is 161 Å². The summed E-state index contributed by atoms with van der Waals surface area (Å²) < 4.78 is 7.21.